The fourth-order valence-corrected chi connectivity index (χ4v) is 1.63. The summed E-state index contributed by atoms with van der Waals surface area (Å²) in [5.41, 5.74) is 0. The zero-order chi connectivity index (χ0) is 12.1. The topological polar surface area (TPSA) is 87.8 Å². The van der Waals surface area contributed by atoms with E-state index in [-0.39, 0.29) is 12.5 Å². The highest BCUT2D eigenvalue weighted by atomic mass is 16.3. The standard InChI is InChI=1S/C10H17N3O3/c1-12(4-2-3-11)10(16)7-13-5-8(14)9(15)6-13/h8-9,14-15H,2,4-7H2,1H3/t8-,9+. The minimum absolute atomic E-state index is 0.100. The number of hydrogen-bond acceptors (Lipinski definition) is 5. The summed E-state index contributed by atoms with van der Waals surface area (Å²) in [5, 5.41) is 27.0. The van der Waals surface area contributed by atoms with Crippen LogP contribution in [-0.4, -0.2) is 71.4 Å². The molecular formula is C10H17N3O3. The number of hydrogen-bond donors (Lipinski definition) is 2. The summed E-state index contributed by atoms with van der Waals surface area (Å²) in [6.07, 6.45) is -1.22. The normalized spacial score (nSPS) is 25.4. The number of aliphatic hydroxyl groups is 2. The number of nitrogens with zero attached hydrogens (tertiary/aromatic N) is 3. The Morgan fingerprint density at radius 2 is 2.06 bits per heavy atom. The summed E-state index contributed by atoms with van der Waals surface area (Å²) in [6, 6.07) is 1.97. The Morgan fingerprint density at radius 3 is 2.56 bits per heavy atom. The van der Waals surface area contributed by atoms with E-state index in [1.54, 1.807) is 11.9 Å². The van der Waals surface area contributed by atoms with E-state index < -0.39 is 12.2 Å². The highest BCUT2D eigenvalue weighted by molar-refractivity contribution is 5.78. The maximum absolute atomic E-state index is 11.6. The molecule has 0 bridgehead atoms. The molecule has 0 aliphatic carbocycles. The van der Waals surface area contributed by atoms with Crippen LogP contribution >= 0.6 is 0 Å². The first-order valence-corrected chi connectivity index (χ1v) is 5.24. The predicted octanol–water partition coefficient (Wildman–Crippen LogP) is -1.60. The number of carbonyl (C=O) groups is 1. The van der Waals surface area contributed by atoms with Gasteiger partial charge in [-0.2, -0.15) is 5.26 Å². The van der Waals surface area contributed by atoms with Crippen LogP contribution in [0, 0.1) is 11.3 Å². The van der Waals surface area contributed by atoms with Gasteiger partial charge in [0.25, 0.3) is 0 Å². The van der Waals surface area contributed by atoms with Gasteiger partial charge in [-0.25, -0.2) is 0 Å². The number of amides is 1. The fourth-order valence-electron chi connectivity index (χ4n) is 1.63. The van der Waals surface area contributed by atoms with E-state index in [0.29, 0.717) is 26.1 Å². The van der Waals surface area contributed by atoms with E-state index >= 15 is 0 Å². The van der Waals surface area contributed by atoms with Gasteiger partial charge in [0.05, 0.1) is 31.2 Å². The Labute approximate surface area is 94.7 Å². The van der Waals surface area contributed by atoms with Crippen molar-refractivity contribution < 1.29 is 15.0 Å². The van der Waals surface area contributed by atoms with Crippen molar-refractivity contribution in [1.82, 2.24) is 9.80 Å². The molecule has 16 heavy (non-hydrogen) atoms. The van der Waals surface area contributed by atoms with E-state index in [9.17, 15) is 15.0 Å². The van der Waals surface area contributed by atoms with E-state index in [2.05, 4.69) is 0 Å². The van der Waals surface area contributed by atoms with Crippen LogP contribution in [0.5, 0.6) is 0 Å². The van der Waals surface area contributed by atoms with Gasteiger partial charge in [0, 0.05) is 26.7 Å². The molecule has 1 aliphatic heterocycles. The van der Waals surface area contributed by atoms with Gasteiger partial charge < -0.3 is 15.1 Å². The summed E-state index contributed by atoms with van der Waals surface area (Å²) in [6.45, 7) is 1.22. The first-order valence-electron chi connectivity index (χ1n) is 5.24. The SMILES string of the molecule is CN(CCC#N)C(=O)CN1C[C@@H](O)[C@@H](O)C1. The molecule has 0 aromatic heterocycles. The summed E-state index contributed by atoms with van der Waals surface area (Å²) in [4.78, 5) is 14.8. The van der Waals surface area contributed by atoms with Crippen molar-refractivity contribution in [2.24, 2.45) is 0 Å². The number of aliphatic hydroxyl groups excluding tert-OH is 2. The molecule has 90 valence electrons. The van der Waals surface area contributed by atoms with Crippen molar-refractivity contribution in [2.45, 2.75) is 18.6 Å². The predicted molar refractivity (Wildman–Crippen MR) is 56.3 cm³/mol. The fraction of sp³-hybridized carbons (Fsp3) is 0.800. The molecule has 6 nitrogen and oxygen atoms in total. The van der Waals surface area contributed by atoms with Gasteiger partial charge in [0.1, 0.15) is 0 Å². The lowest BCUT2D eigenvalue weighted by Crippen LogP contribution is -2.38. The third-order valence-electron chi connectivity index (χ3n) is 2.68. The van der Waals surface area contributed by atoms with Crippen molar-refractivity contribution in [2.75, 3.05) is 33.2 Å². The van der Waals surface area contributed by atoms with E-state index in [4.69, 9.17) is 5.26 Å². The van der Waals surface area contributed by atoms with Crippen molar-refractivity contribution in [3.8, 4) is 6.07 Å². The largest absolute Gasteiger partial charge is 0.389 e. The molecule has 0 saturated carbocycles. The molecular weight excluding hydrogens is 210 g/mol. The minimum atomic E-state index is -0.766. The molecule has 1 heterocycles. The molecule has 0 aromatic carbocycles. The maximum atomic E-state index is 11.6. The second-order valence-electron chi connectivity index (χ2n) is 4.05. The summed E-state index contributed by atoms with van der Waals surface area (Å²) < 4.78 is 0. The Kier molecular flexibility index (Phi) is 4.68. The number of likely N-dealkylation sites (tertiary alicyclic amines) is 1. The van der Waals surface area contributed by atoms with Crippen molar-refractivity contribution in [3.05, 3.63) is 0 Å². The Bertz CT molecular complexity index is 280. The van der Waals surface area contributed by atoms with Crippen LogP contribution < -0.4 is 0 Å². The zero-order valence-corrected chi connectivity index (χ0v) is 9.33. The summed E-state index contributed by atoms with van der Waals surface area (Å²) in [5.74, 6) is -0.100. The quantitative estimate of drug-likeness (QED) is 0.603. The summed E-state index contributed by atoms with van der Waals surface area (Å²) >= 11 is 0. The number of rotatable bonds is 4. The number of likely N-dealkylation sites (N-methyl/N-ethyl adjacent to an activating group) is 1. The molecule has 0 radical (unpaired) electrons. The molecule has 1 fully saturated rings. The molecule has 1 rings (SSSR count). The number of carbonyl (C=O) groups excluding carboxylic acids is 1. The first-order chi connectivity index (χ1) is 7.54. The number of nitriles is 1. The van der Waals surface area contributed by atoms with Crippen LogP contribution in [0.25, 0.3) is 0 Å². The monoisotopic (exact) mass is 227 g/mol. The Morgan fingerprint density at radius 1 is 1.50 bits per heavy atom. The first kappa shape index (κ1) is 12.9. The van der Waals surface area contributed by atoms with Crippen molar-refractivity contribution >= 4 is 5.91 Å². The van der Waals surface area contributed by atoms with Crippen molar-refractivity contribution in [1.29, 1.82) is 5.26 Å². The lowest BCUT2D eigenvalue weighted by atomic mass is 10.3. The van der Waals surface area contributed by atoms with Gasteiger partial charge in [-0.15, -0.1) is 0 Å². The van der Waals surface area contributed by atoms with Crippen LogP contribution in [0.1, 0.15) is 6.42 Å². The van der Waals surface area contributed by atoms with E-state index in [1.807, 2.05) is 6.07 Å². The van der Waals surface area contributed by atoms with Crippen LogP contribution in [-0.2, 0) is 4.79 Å². The maximum Gasteiger partial charge on any atom is 0.236 e. The second kappa shape index (κ2) is 5.80. The highest BCUT2D eigenvalue weighted by Crippen LogP contribution is 2.09. The zero-order valence-electron chi connectivity index (χ0n) is 9.33. The molecule has 1 saturated heterocycles. The molecule has 0 unspecified atom stereocenters. The highest BCUT2D eigenvalue weighted by Gasteiger charge is 2.30. The van der Waals surface area contributed by atoms with Gasteiger partial charge in [-0.05, 0) is 0 Å². The van der Waals surface area contributed by atoms with Crippen LogP contribution in [0.4, 0.5) is 0 Å². The second-order valence-corrected chi connectivity index (χ2v) is 4.05. The van der Waals surface area contributed by atoms with Gasteiger partial charge in [0.2, 0.25) is 5.91 Å². The lowest BCUT2D eigenvalue weighted by molar-refractivity contribution is -0.130. The van der Waals surface area contributed by atoms with E-state index in [0.717, 1.165) is 0 Å². The molecule has 6 heteroatoms. The molecule has 2 N–H and O–H groups in total. The van der Waals surface area contributed by atoms with Crippen molar-refractivity contribution in [3.63, 3.8) is 0 Å². The van der Waals surface area contributed by atoms with Gasteiger partial charge in [-0.1, -0.05) is 0 Å². The average molecular weight is 227 g/mol. The van der Waals surface area contributed by atoms with Gasteiger partial charge in [-0.3, -0.25) is 9.69 Å². The van der Waals surface area contributed by atoms with E-state index in [1.165, 1.54) is 4.90 Å². The molecule has 2 atom stereocenters. The molecule has 1 amide bonds. The van der Waals surface area contributed by atoms with Gasteiger partial charge in [0.15, 0.2) is 0 Å². The molecule has 1 aliphatic rings. The summed E-state index contributed by atoms with van der Waals surface area (Å²) in [7, 11) is 1.64. The smallest absolute Gasteiger partial charge is 0.236 e. The van der Waals surface area contributed by atoms with Gasteiger partial charge >= 0.3 is 0 Å². The lowest BCUT2D eigenvalue weighted by Gasteiger charge is -2.20. The Balaban J connectivity index is 2.32. The van der Waals surface area contributed by atoms with Crippen LogP contribution in [0.2, 0.25) is 0 Å². The third kappa shape index (κ3) is 3.45. The Hall–Kier alpha value is -1.16. The minimum Gasteiger partial charge on any atom is -0.389 e. The molecule has 0 aromatic rings. The van der Waals surface area contributed by atoms with Crippen LogP contribution in [0.15, 0.2) is 0 Å². The number of β-amino-alcohol motifs (C(OH)–C–C–N with tert-alkyl or cyclic N) is 2. The third-order valence-corrected chi connectivity index (χ3v) is 2.68. The molecule has 0 spiro atoms. The van der Waals surface area contributed by atoms with Crippen LogP contribution in [0.3, 0.4) is 0 Å². The average Bonchev–Trinajstić information content (AvgIpc) is 2.54.